The summed E-state index contributed by atoms with van der Waals surface area (Å²) in [6, 6.07) is 7.05. The molecule has 1 aromatic carbocycles. The molecule has 1 aliphatic heterocycles. The van der Waals surface area contributed by atoms with E-state index in [0.717, 1.165) is 45.7 Å². The largest absolute Gasteiger partial charge is 0.399 e. The van der Waals surface area contributed by atoms with Crippen molar-refractivity contribution in [3.05, 3.63) is 29.8 Å². The molecule has 1 aromatic rings. The van der Waals surface area contributed by atoms with Crippen LogP contribution in [0.15, 0.2) is 24.3 Å². The lowest BCUT2D eigenvalue weighted by Crippen LogP contribution is -2.37. The Hall–Kier alpha value is -1.01. The van der Waals surface area contributed by atoms with E-state index >= 15 is 0 Å². The SMILES string of the molecule is Cl.Cl.Nc1cccc(C(=O)NCCCCN2CCOCC2)c1. The highest BCUT2D eigenvalue weighted by Crippen LogP contribution is 2.06. The number of carbonyl (C=O) groups is 1. The number of nitrogen functional groups attached to an aromatic ring is 1. The van der Waals surface area contributed by atoms with Crippen LogP contribution >= 0.6 is 24.8 Å². The molecular formula is C15H25Cl2N3O2. The number of nitrogens with two attached hydrogens (primary N) is 1. The molecular weight excluding hydrogens is 325 g/mol. The van der Waals surface area contributed by atoms with E-state index in [1.54, 1.807) is 24.3 Å². The molecule has 0 radical (unpaired) electrons. The second-order valence-electron chi connectivity index (χ2n) is 5.04. The number of rotatable bonds is 6. The summed E-state index contributed by atoms with van der Waals surface area (Å²) in [7, 11) is 0. The standard InChI is InChI=1S/C15H23N3O2.2ClH/c16-14-5-3-4-13(12-14)15(19)17-6-1-2-7-18-8-10-20-11-9-18;;/h3-5,12H,1-2,6-11,16H2,(H,17,19);2*1H. The third kappa shape index (κ3) is 7.31. The topological polar surface area (TPSA) is 67.6 Å². The molecule has 1 heterocycles. The molecule has 1 aliphatic rings. The van der Waals surface area contributed by atoms with Crippen LogP contribution in [0.25, 0.3) is 0 Å². The fourth-order valence-electron chi connectivity index (χ4n) is 2.27. The second kappa shape index (κ2) is 11.5. The molecule has 0 aromatic heterocycles. The summed E-state index contributed by atoms with van der Waals surface area (Å²) in [5.74, 6) is -0.0522. The van der Waals surface area contributed by atoms with Gasteiger partial charge in [0.15, 0.2) is 0 Å². The summed E-state index contributed by atoms with van der Waals surface area (Å²) in [5.41, 5.74) is 6.90. The van der Waals surface area contributed by atoms with Gasteiger partial charge in [-0.1, -0.05) is 6.07 Å². The number of nitrogens with one attached hydrogen (secondary N) is 1. The number of nitrogens with zero attached hydrogens (tertiary/aromatic N) is 1. The molecule has 0 unspecified atom stereocenters. The second-order valence-corrected chi connectivity index (χ2v) is 5.04. The number of hydrogen-bond acceptors (Lipinski definition) is 4. The van der Waals surface area contributed by atoms with Crippen molar-refractivity contribution < 1.29 is 9.53 Å². The molecule has 0 spiro atoms. The maximum Gasteiger partial charge on any atom is 0.251 e. The monoisotopic (exact) mass is 349 g/mol. The summed E-state index contributed by atoms with van der Waals surface area (Å²) in [4.78, 5) is 14.3. The van der Waals surface area contributed by atoms with Crippen molar-refractivity contribution in [2.75, 3.05) is 45.1 Å². The van der Waals surface area contributed by atoms with Crippen LogP contribution in [0, 0.1) is 0 Å². The predicted octanol–water partition coefficient (Wildman–Crippen LogP) is 1.95. The zero-order chi connectivity index (χ0) is 14.2. The van der Waals surface area contributed by atoms with Gasteiger partial charge >= 0.3 is 0 Å². The van der Waals surface area contributed by atoms with Gasteiger partial charge in [0.05, 0.1) is 13.2 Å². The first kappa shape index (κ1) is 21.0. The zero-order valence-corrected chi connectivity index (χ0v) is 14.3. The van der Waals surface area contributed by atoms with E-state index in [2.05, 4.69) is 10.2 Å². The Kier molecular flexibility index (Phi) is 11.0. The Balaban J connectivity index is 0.00000220. The Labute approximate surface area is 144 Å². The fraction of sp³-hybridized carbons (Fsp3) is 0.533. The maximum absolute atomic E-state index is 11.9. The number of benzene rings is 1. The summed E-state index contributed by atoms with van der Waals surface area (Å²) in [6.07, 6.45) is 2.09. The minimum Gasteiger partial charge on any atom is -0.399 e. The Bertz CT molecular complexity index is 441. The van der Waals surface area contributed by atoms with Gasteiger partial charge < -0.3 is 15.8 Å². The van der Waals surface area contributed by atoms with Crippen LogP contribution in [-0.2, 0) is 4.74 Å². The summed E-state index contributed by atoms with van der Waals surface area (Å²) in [6.45, 7) is 5.51. The van der Waals surface area contributed by atoms with Crippen LogP contribution in [0.3, 0.4) is 0 Å². The molecule has 126 valence electrons. The molecule has 0 atom stereocenters. The van der Waals surface area contributed by atoms with Crippen molar-refractivity contribution in [2.45, 2.75) is 12.8 Å². The molecule has 1 fully saturated rings. The number of morpholine rings is 1. The molecule has 0 bridgehead atoms. The van der Waals surface area contributed by atoms with Gasteiger partial charge in [-0.2, -0.15) is 0 Å². The number of unbranched alkanes of at least 4 members (excludes halogenated alkanes) is 1. The van der Waals surface area contributed by atoms with Gasteiger partial charge in [-0.25, -0.2) is 0 Å². The normalized spacial score (nSPS) is 14.5. The summed E-state index contributed by atoms with van der Waals surface area (Å²) in [5, 5.41) is 2.93. The molecule has 0 aliphatic carbocycles. The number of anilines is 1. The van der Waals surface area contributed by atoms with Crippen LogP contribution in [0.1, 0.15) is 23.2 Å². The number of hydrogen-bond donors (Lipinski definition) is 2. The van der Waals surface area contributed by atoms with E-state index in [9.17, 15) is 4.79 Å². The van der Waals surface area contributed by atoms with Crippen molar-refractivity contribution in [1.82, 2.24) is 10.2 Å². The highest BCUT2D eigenvalue weighted by atomic mass is 35.5. The van der Waals surface area contributed by atoms with Crippen LogP contribution in [-0.4, -0.2) is 50.2 Å². The lowest BCUT2D eigenvalue weighted by molar-refractivity contribution is 0.0372. The Morgan fingerprint density at radius 2 is 1.95 bits per heavy atom. The molecule has 1 amide bonds. The van der Waals surface area contributed by atoms with Gasteiger partial charge in [0.1, 0.15) is 0 Å². The van der Waals surface area contributed by atoms with E-state index in [1.807, 2.05) is 0 Å². The van der Waals surface area contributed by atoms with E-state index in [1.165, 1.54) is 0 Å². The van der Waals surface area contributed by atoms with Gasteiger partial charge in [-0.3, -0.25) is 9.69 Å². The van der Waals surface area contributed by atoms with Gasteiger partial charge in [-0.15, -0.1) is 24.8 Å². The maximum atomic E-state index is 11.9. The summed E-state index contributed by atoms with van der Waals surface area (Å²) < 4.78 is 5.31. The van der Waals surface area contributed by atoms with Gasteiger partial charge in [0.2, 0.25) is 0 Å². The Morgan fingerprint density at radius 3 is 2.64 bits per heavy atom. The van der Waals surface area contributed by atoms with Crippen molar-refractivity contribution in [3.8, 4) is 0 Å². The molecule has 7 heteroatoms. The molecule has 5 nitrogen and oxygen atoms in total. The number of ether oxygens (including phenoxy) is 1. The van der Waals surface area contributed by atoms with Crippen LogP contribution < -0.4 is 11.1 Å². The average molecular weight is 350 g/mol. The first-order valence-corrected chi connectivity index (χ1v) is 7.19. The lowest BCUT2D eigenvalue weighted by atomic mass is 10.2. The van der Waals surface area contributed by atoms with Crippen molar-refractivity contribution in [1.29, 1.82) is 0 Å². The van der Waals surface area contributed by atoms with E-state index < -0.39 is 0 Å². The molecule has 22 heavy (non-hydrogen) atoms. The minimum atomic E-state index is -0.0522. The van der Waals surface area contributed by atoms with Crippen molar-refractivity contribution in [3.63, 3.8) is 0 Å². The lowest BCUT2D eigenvalue weighted by Gasteiger charge is -2.26. The van der Waals surface area contributed by atoms with Crippen molar-refractivity contribution >= 4 is 36.4 Å². The molecule has 1 saturated heterocycles. The third-order valence-corrected chi connectivity index (χ3v) is 3.44. The minimum absolute atomic E-state index is 0. The van der Waals surface area contributed by atoms with Gasteiger partial charge in [0, 0.05) is 30.9 Å². The highest BCUT2D eigenvalue weighted by molar-refractivity contribution is 5.94. The van der Waals surface area contributed by atoms with Crippen LogP contribution in [0.5, 0.6) is 0 Å². The fourth-order valence-corrected chi connectivity index (χ4v) is 2.27. The molecule has 2 rings (SSSR count). The van der Waals surface area contributed by atoms with E-state index in [4.69, 9.17) is 10.5 Å². The first-order chi connectivity index (χ1) is 9.75. The van der Waals surface area contributed by atoms with E-state index in [0.29, 0.717) is 17.8 Å². The number of carbonyl (C=O) groups excluding carboxylic acids is 1. The van der Waals surface area contributed by atoms with Crippen molar-refractivity contribution in [2.24, 2.45) is 0 Å². The zero-order valence-electron chi connectivity index (χ0n) is 12.6. The predicted molar refractivity (Wildman–Crippen MR) is 94.2 cm³/mol. The Morgan fingerprint density at radius 1 is 1.23 bits per heavy atom. The van der Waals surface area contributed by atoms with E-state index in [-0.39, 0.29) is 30.7 Å². The quantitative estimate of drug-likeness (QED) is 0.608. The first-order valence-electron chi connectivity index (χ1n) is 7.19. The molecule has 0 saturated carbocycles. The molecule has 3 N–H and O–H groups in total. The van der Waals surface area contributed by atoms with Crippen LogP contribution in [0.4, 0.5) is 5.69 Å². The summed E-state index contributed by atoms with van der Waals surface area (Å²) >= 11 is 0. The number of halogens is 2. The highest BCUT2D eigenvalue weighted by Gasteiger charge is 2.09. The van der Waals surface area contributed by atoms with Gasteiger partial charge in [0.25, 0.3) is 5.91 Å². The third-order valence-electron chi connectivity index (χ3n) is 3.44. The smallest absolute Gasteiger partial charge is 0.251 e. The van der Waals surface area contributed by atoms with Crippen LogP contribution in [0.2, 0.25) is 0 Å². The number of amides is 1. The van der Waals surface area contributed by atoms with Gasteiger partial charge in [-0.05, 0) is 37.6 Å². The average Bonchev–Trinajstić information content (AvgIpc) is 2.48.